The lowest BCUT2D eigenvalue weighted by molar-refractivity contribution is -0.385. The van der Waals surface area contributed by atoms with Crippen LogP contribution in [0.1, 0.15) is 5.56 Å². The Labute approximate surface area is 123 Å². The van der Waals surface area contributed by atoms with E-state index in [0.717, 1.165) is 6.07 Å². The molecule has 0 saturated heterocycles. The zero-order valence-electron chi connectivity index (χ0n) is 11.1. The summed E-state index contributed by atoms with van der Waals surface area (Å²) in [5, 5.41) is 13.5. The fraction of sp³-hybridized carbons (Fsp3) is 0.167. The van der Waals surface area contributed by atoms with Crippen LogP contribution in [0.4, 0.5) is 16.0 Å². The Morgan fingerprint density at radius 3 is 2.81 bits per heavy atom. The van der Waals surface area contributed by atoms with Crippen LogP contribution in [-0.2, 0) is 0 Å². The summed E-state index contributed by atoms with van der Waals surface area (Å²) < 4.78 is 19.1. The van der Waals surface area contributed by atoms with Gasteiger partial charge in [0.1, 0.15) is 5.02 Å². The molecule has 0 aliphatic carbocycles. The Morgan fingerprint density at radius 1 is 1.48 bits per heavy atom. The monoisotopic (exact) mass is 312 g/mol. The highest BCUT2D eigenvalue weighted by Crippen LogP contribution is 2.32. The maximum absolute atomic E-state index is 13.9. The molecule has 2 aromatic rings. The molecule has 1 aromatic heterocycles. The average Bonchev–Trinajstić information content (AvgIpc) is 2.44. The fourth-order valence-electron chi connectivity index (χ4n) is 1.57. The van der Waals surface area contributed by atoms with E-state index in [1.165, 1.54) is 19.2 Å². The molecule has 0 spiro atoms. The van der Waals surface area contributed by atoms with Crippen molar-refractivity contribution in [1.29, 1.82) is 0 Å². The Balaban J connectivity index is 2.40. The molecule has 0 aliphatic heterocycles. The molecule has 21 heavy (non-hydrogen) atoms. The van der Waals surface area contributed by atoms with Crippen LogP contribution in [0.2, 0.25) is 5.02 Å². The lowest BCUT2D eigenvalue weighted by atomic mass is 10.2. The van der Waals surface area contributed by atoms with Crippen molar-refractivity contribution in [3.05, 3.63) is 44.8 Å². The molecule has 0 saturated carbocycles. The number of halogens is 2. The van der Waals surface area contributed by atoms with E-state index in [2.05, 4.69) is 15.3 Å². The van der Waals surface area contributed by atoms with Gasteiger partial charge in [-0.2, -0.15) is 4.98 Å². The van der Waals surface area contributed by atoms with Gasteiger partial charge in [-0.3, -0.25) is 10.1 Å². The van der Waals surface area contributed by atoms with Gasteiger partial charge in [-0.25, -0.2) is 9.37 Å². The number of nitro benzene ring substituents is 1. The predicted molar refractivity (Wildman–Crippen MR) is 74.5 cm³/mol. The molecule has 0 atom stereocenters. The third-order valence-corrected chi connectivity index (χ3v) is 2.85. The molecular formula is C12H10ClFN4O3. The summed E-state index contributed by atoms with van der Waals surface area (Å²) in [6.07, 6.45) is 1.30. The maximum Gasteiger partial charge on any atom is 0.275 e. The van der Waals surface area contributed by atoms with Crippen molar-refractivity contribution < 1.29 is 14.1 Å². The number of ether oxygens (including phenoxy) is 1. The van der Waals surface area contributed by atoms with Crippen LogP contribution in [0, 0.1) is 22.9 Å². The first-order valence-corrected chi connectivity index (χ1v) is 6.13. The number of rotatable bonds is 4. The number of benzene rings is 1. The quantitative estimate of drug-likeness (QED) is 0.688. The average molecular weight is 313 g/mol. The minimum Gasteiger partial charge on any atom is -0.434 e. The lowest BCUT2D eigenvalue weighted by Gasteiger charge is -2.09. The van der Waals surface area contributed by atoms with Crippen molar-refractivity contribution in [2.24, 2.45) is 0 Å². The molecule has 9 heteroatoms. The topological polar surface area (TPSA) is 90.2 Å². The van der Waals surface area contributed by atoms with Crippen LogP contribution in [-0.4, -0.2) is 21.9 Å². The number of nitrogens with zero attached hydrogens (tertiary/aromatic N) is 3. The van der Waals surface area contributed by atoms with Gasteiger partial charge in [0.15, 0.2) is 11.6 Å². The Bertz CT molecular complexity index is 711. The van der Waals surface area contributed by atoms with Crippen molar-refractivity contribution in [1.82, 2.24) is 9.97 Å². The first-order valence-electron chi connectivity index (χ1n) is 5.75. The van der Waals surface area contributed by atoms with Crippen molar-refractivity contribution in [2.45, 2.75) is 6.92 Å². The van der Waals surface area contributed by atoms with Crippen molar-refractivity contribution in [3.63, 3.8) is 0 Å². The van der Waals surface area contributed by atoms with E-state index in [1.54, 1.807) is 7.05 Å². The van der Waals surface area contributed by atoms with Crippen LogP contribution in [0.15, 0.2) is 18.3 Å². The van der Waals surface area contributed by atoms with Gasteiger partial charge in [-0.15, -0.1) is 0 Å². The Morgan fingerprint density at radius 2 is 2.19 bits per heavy atom. The van der Waals surface area contributed by atoms with Gasteiger partial charge >= 0.3 is 0 Å². The molecule has 0 unspecified atom stereocenters. The zero-order valence-corrected chi connectivity index (χ0v) is 11.8. The van der Waals surface area contributed by atoms with Crippen molar-refractivity contribution >= 4 is 23.2 Å². The summed E-state index contributed by atoms with van der Waals surface area (Å²) in [6, 6.07) is 2.00. The van der Waals surface area contributed by atoms with E-state index in [-0.39, 0.29) is 33.9 Å². The Kier molecular flexibility index (Phi) is 4.18. The number of aryl methyl sites for hydroxylation is 1. The molecule has 0 amide bonds. The number of hydrogen-bond acceptors (Lipinski definition) is 6. The van der Waals surface area contributed by atoms with E-state index in [0.29, 0.717) is 0 Å². The van der Waals surface area contributed by atoms with E-state index < -0.39 is 10.7 Å². The molecule has 1 heterocycles. The standard InChI is InChI=1S/C12H10ClFN4O3/c1-6-3-10(8(14)4-9(6)18(19)20)21-11-7(13)5-16-12(15-2)17-11/h3-5H,1-2H3,(H,15,16,17). The van der Waals surface area contributed by atoms with E-state index in [9.17, 15) is 14.5 Å². The SMILES string of the molecule is CNc1ncc(Cl)c(Oc2cc(C)c([N+](=O)[O-])cc2F)n1. The molecule has 2 rings (SSSR count). The molecule has 110 valence electrons. The zero-order chi connectivity index (χ0) is 15.6. The normalized spacial score (nSPS) is 10.3. The molecule has 0 fully saturated rings. The smallest absolute Gasteiger partial charge is 0.275 e. The summed E-state index contributed by atoms with van der Waals surface area (Å²) in [5.41, 5.74) is -0.0695. The van der Waals surface area contributed by atoms with Gasteiger partial charge in [-0.05, 0) is 13.0 Å². The summed E-state index contributed by atoms with van der Waals surface area (Å²) in [4.78, 5) is 17.9. The highest BCUT2D eigenvalue weighted by molar-refractivity contribution is 6.31. The van der Waals surface area contributed by atoms with Crippen LogP contribution in [0.5, 0.6) is 11.6 Å². The summed E-state index contributed by atoms with van der Waals surface area (Å²) in [5.74, 6) is -0.898. The molecule has 0 bridgehead atoms. The van der Waals surface area contributed by atoms with Gasteiger partial charge in [0.25, 0.3) is 5.69 Å². The van der Waals surface area contributed by atoms with Gasteiger partial charge in [0, 0.05) is 12.6 Å². The second-order valence-electron chi connectivity index (χ2n) is 4.02. The third kappa shape index (κ3) is 3.16. The highest BCUT2D eigenvalue weighted by atomic mass is 35.5. The number of nitrogens with one attached hydrogen (secondary N) is 1. The van der Waals surface area contributed by atoms with Gasteiger partial charge < -0.3 is 10.1 Å². The van der Waals surface area contributed by atoms with Gasteiger partial charge in [-0.1, -0.05) is 11.6 Å². The summed E-state index contributed by atoms with van der Waals surface area (Å²) in [7, 11) is 1.60. The van der Waals surface area contributed by atoms with Crippen molar-refractivity contribution in [3.8, 4) is 11.6 Å². The van der Waals surface area contributed by atoms with E-state index in [4.69, 9.17) is 16.3 Å². The minimum absolute atomic E-state index is 0.0526. The van der Waals surface area contributed by atoms with E-state index in [1.807, 2.05) is 0 Å². The first kappa shape index (κ1) is 14.9. The molecule has 0 aliphatic rings. The number of hydrogen-bond donors (Lipinski definition) is 1. The first-order chi connectivity index (χ1) is 9.92. The van der Waals surface area contributed by atoms with Gasteiger partial charge in [0.2, 0.25) is 11.8 Å². The number of aromatic nitrogens is 2. The van der Waals surface area contributed by atoms with Crippen LogP contribution in [0.25, 0.3) is 0 Å². The predicted octanol–water partition coefficient (Wildman–Crippen LogP) is 3.32. The van der Waals surface area contributed by atoms with Crippen LogP contribution in [0.3, 0.4) is 0 Å². The Hall–Kier alpha value is -2.48. The third-order valence-electron chi connectivity index (χ3n) is 2.59. The molecule has 7 nitrogen and oxygen atoms in total. The fourth-order valence-corrected chi connectivity index (χ4v) is 1.70. The molecule has 1 aromatic carbocycles. The summed E-state index contributed by atoms with van der Waals surface area (Å²) >= 11 is 5.87. The molecule has 0 radical (unpaired) electrons. The van der Waals surface area contributed by atoms with Crippen LogP contribution < -0.4 is 10.1 Å². The van der Waals surface area contributed by atoms with Gasteiger partial charge in [0.05, 0.1) is 17.2 Å². The molecule has 1 N–H and O–H groups in total. The van der Waals surface area contributed by atoms with E-state index >= 15 is 0 Å². The summed E-state index contributed by atoms with van der Waals surface area (Å²) in [6.45, 7) is 1.48. The van der Waals surface area contributed by atoms with Crippen LogP contribution >= 0.6 is 11.6 Å². The lowest BCUT2D eigenvalue weighted by Crippen LogP contribution is -2.00. The number of anilines is 1. The molecular weight excluding hydrogens is 303 g/mol. The second kappa shape index (κ2) is 5.88. The van der Waals surface area contributed by atoms with Crippen molar-refractivity contribution in [2.75, 3.05) is 12.4 Å². The maximum atomic E-state index is 13.9. The highest BCUT2D eigenvalue weighted by Gasteiger charge is 2.18. The second-order valence-corrected chi connectivity index (χ2v) is 4.43. The largest absolute Gasteiger partial charge is 0.434 e. The number of nitro groups is 1. The minimum atomic E-state index is -0.881.